The number of aromatic hydroxyl groups is 1. The van der Waals surface area contributed by atoms with Gasteiger partial charge in [-0.1, -0.05) is 6.92 Å². The predicted molar refractivity (Wildman–Crippen MR) is 49.2 cm³/mol. The van der Waals surface area contributed by atoms with Crippen LogP contribution in [0.2, 0.25) is 0 Å². The Morgan fingerprint density at radius 1 is 1.53 bits per heavy atom. The van der Waals surface area contributed by atoms with Crippen LogP contribution in [-0.2, 0) is 6.42 Å². The van der Waals surface area contributed by atoms with Gasteiger partial charge in [0.15, 0.2) is 5.69 Å². The summed E-state index contributed by atoms with van der Waals surface area (Å²) in [5, 5.41) is 16.8. The number of aromatic amines is 1. The van der Waals surface area contributed by atoms with Crippen LogP contribution in [0, 0.1) is 0 Å². The summed E-state index contributed by atoms with van der Waals surface area (Å²) in [6.07, 6.45) is 1.74. The summed E-state index contributed by atoms with van der Waals surface area (Å²) < 4.78 is 5.16. The fraction of sp³-hybridized carbons (Fsp3) is 0.250. The molecule has 0 saturated carbocycles. The monoisotopic (exact) mass is 208 g/mol. The molecule has 0 amide bonds. The Labute approximate surface area is 83.8 Å². The van der Waals surface area contributed by atoms with Crippen LogP contribution in [0.4, 0.5) is 0 Å². The smallest absolute Gasteiger partial charge is 0.293 e. The quantitative estimate of drug-likeness (QED) is 0.724. The SMILES string of the molecule is CCc1nnc(-c2nc[nH]c(=O)c2O)o1. The van der Waals surface area contributed by atoms with Crippen LogP contribution in [0.3, 0.4) is 0 Å². The lowest BCUT2D eigenvalue weighted by Gasteiger charge is -1.95. The molecule has 7 heteroatoms. The summed E-state index contributed by atoms with van der Waals surface area (Å²) in [6, 6.07) is 0. The van der Waals surface area contributed by atoms with Crippen molar-refractivity contribution in [3.05, 3.63) is 22.6 Å². The van der Waals surface area contributed by atoms with E-state index >= 15 is 0 Å². The molecule has 0 radical (unpaired) electrons. The number of nitrogens with one attached hydrogen (secondary N) is 1. The minimum absolute atomic E-state index is 0.00838. The summed E-state index contributed by atoms with van der Waals surface area (Å²) >= 11 is 0. The van der Waals surface area contributed by atoms with E-state index in [-0.39, 0.29) is 11.6 Å². The number of hydrogen-bond donors (Lipinski definition) is 2. The summed E-state index contributed by atoms with van der Waals surface area (Å²) in [5.41, 5.74) is -0.651. The molecule has 2 rings (SSSR count). The Balaban J connectivity index is 2.54. The first-order chi connectivity index (χ1) is 7.22. The van der Waals surface area contributed by atoms with E-state index in [1.54, 1.807) is 0 Å². The van der Waals surface area contributed by atoms with E-state index in [9.17, 15) is 9.90 Å². The molecule has 2 heterocycles. The highest BCUT2D eigenvalue weighted by molar-refractivity contribution is 5.54. The molecule has 0 aliphatic carbocycles. The van der Waals surface area contributed by atoms with Gasteiger partial charge in [0.25, 0.3) is 11.4 Å². The molecule has 2 aromatic rings. The number of aryl methyl sites for hydroxylation is 1. The molecule has 0 aliphatic heterocycles. The second-order valence-electron chi connectivity index (χ2n) is 2.78. The molecule has 0 spiro atoms. The van der Waals surface area contributed by atoms with Crippen LogP contribution >= 0.6 is 0 Å². The highest BCUT2D eigenvalue weighted by Gasteiger charge is 2.15. The van der Waals surface area contributed by atoms with Gasteiger partial charge in [-0.05, 0) is 0 Å². The van der Waals surface area contributed by atoms with Crippen LogP contribution < -0.4 is 5.56 Å². The second kappa shape index (κ2) is 3.52. The van der Waals surface area contributed by atoms with E-state index in [1.165, 1.54) is 0 Å². The van der Waals surface area contributed by atoms with Crippen molar-refractivity contribution in [2.75, 3.05) is 0 Å². The molecule has 7 nitrogen and oxygen atoms in total. The van der Waals surface area contributed by atoms with E-state index in [0.717, 1.165) is 6.33 Å². The van der Waals surface area contributed by atoms with Crippen molar-refractivity contribution in [2.45, 2.75) is 13.3 Å². The third-order valence-electron chi connectivity index (χ3n) is 1.80. The van der Waals surface area contributed by atoms with Gasteiger partial charge in [0.1, 0.15) is 0 Å². The topological polar surface area (TPSA) is 105 Å². The van der Waals surface area contributed by atoms with Gasteiger partial charge in [0, 0.05) is 6.42 Å². The Hall–Kier alpha value is -2.18. The van der Waals surface area contributed by atoms with Crippen LogP contribution in [0.25, 0.3) is 11.6 Å². The van der Waals surface area contributed by atoms with Crippen molar-refractivity contribution in [1.82, 2.24) is 20.2 Å². The van der Waals surface area contributed by atoms with Crippen molar-refractivity contribution >= 4 is 0 Å². The average molecular weight is 208 g/mol. The van der Waals surface area contributed by atoms with Crippen molar-refractivity contribution < 1.29 is 9.52 Å². The largest absolute Gasteiger partial charge is 0.501 e. The molecule has 78 valence electrons. The first-order valence-electron chi connectivity index (χ1n) is 4.31. The minimum atomic E-state index is -0.642. The summed E-state index contributed by atoms with van der Waals surface area (Å²) in [4.78, 5) is 17.0. The van der Waals surface area contributed by atoms with E-state index in [0.29, 0.717) is 12.3 Å². The third-order valence-corrected chi connectivity index (χ3v) is 1.80. The maximum absolute atomic E-state index is 11.1. The Kier molecular flexibility index (Phi) is 2.20. The van der Waals surface area contributed by atoms with Gasteiger partial charge in [-0.25, -0.2) is 4.98 Å². The first-order valence-corrected chi connectivity index (χ1v) is 4.31. The van der Waals surface area contributed by atoms with Crippen molar-refractivity contribution in [1.29, 1.82) is 0 Å². The van der Waals surface area contributed by atoms with Gasteiger partial charge in [-0.15, -0.1) is 10.2 Å². The van der Waals surface area contributed by atoms with Gasteiger partial charge in [0.05, 0.1) is 6.33 Å². The lowest BCUT2D eigenvalue weighted by Crippen LogP contribution is -2.06. The molecule has 0 aliphatic rings. The molecule has 0 aromatic carbocycles. The van der Waals surface area contributed by atoms with E-state index in [2.05, 4.69) is 20.2 Å². The molecule has 0 saturated heterocycles. The number of H-pyrrole nitrogens is 1. The Morgan fingerprint density at radius 2 is 2.33 bits per heavy atom. The zero-order chi connectivity index (χ0) is 10.8. The predicted octanol–water partition coefficient (Wildman–Crippen LogP) is 0.0879. The second-order valence-corrected chi connectivity index (χ2v) is 2.78. The van der Waals surface area contributed by atoms with Gasteiger partial charge < -0.3 is 14.5 Å². The first kappa shape index (κ1) is 9.38. The molecule has 0 atom stereocenters. The highest BCUT2D eigenvalue weighted by atomic mass is 16.4. The number of hydrogen-bond acceptors (Lipinski definition) is 6. The molecule has 2 N–H and O–H groups in total. The van der Waals surface area contributed by atoms with Gasteiger partial charge in [-0.2, -0.15) is 0 Å². The van der Waals surface area contributed by atoms with Crippen LogP contribution in [0.15, 0.2) is 15.5 Å². The highest BCUT2D eigenvalue weighted by Crippen LogP contribution is 2.20. The maximum atomic E-state index is 11.1. The average Bonchev–Trinajstić information content (AvgIpc) is 2.70. The molecule has 0 bridgehead atoms. The fourth-order valence-electron chi connectivity index (χ4n) is 1.04. The number of rotatable bonds is 2. The normalized spacial score (nSPS) is 10.5. The molecule has 0 fully saturated rings. The van der Waals surface area contributed by atoms with Crippen LogP contribution in [-0.4, -0.2) is 25.3 Å². The van der Waals surface area contributed by atoms with Gasteiger partial charge in [0.2, 0.25) is 11.6 Å². The zero-order valence-electron chi connectivity index (χ0n) is 7.89. The Bertz CT molecular complexity index is 531. The third kappa shape index (κ3) is 1.58. The molecular weight excluding hydrogens is 200 g/mol. The van der Waals surface area contributed by atoms with Gasteiger partial charge in [-0.3, -0.25) is 4.79 Å². The summed E-state index contributed by atoms with van der Waals surface area (Å²) in [6.45, 7) is 1.85. The van der Waals surface area contributed by atoms with Crippen molar-refractivity contribution in [3.8, 4) is 17.3 Å². The lowest BCUT2D eigenvalue weighted by molar-refractivity contribution is 0.457. The van der Waals surface area contributed by atoms with Crippen molar-refractivity contribution in [3.63, 3.8) is 0 Å². The molecule has 0 unspecified atom stereocenters. The van der Waals surface area contributed by atoms with Gasteiger partial charge >= 0.3 is 0 Å². The number of aromatic nitrogens is 4. The summed E-state index contributed by atoms with van der Waals surface area (Å²) in [7, 11) is 0. The van der Waals surface area contributed by atoms with E-state index in [1.807, 2.05) is 6.92 Å². The lowest BCUT2D eigenvalue weighted by atomic mass is 10.4. The maximum Gasteiger partial charge on any atom is 0.293 e. The molecular formula is C8H8N4O3. The Morgan fingerprint density at radius 3 is 3.00 bits per heavy atom. The van der Waals surface area contributed by atoms with Crippen molar-refractivity contribution in [2.24, 2.45) is 0 Å². The standard InChI is InChI=1S/C8H8N4O3/c1-2-4-11-12-8(15-4)5-6(13)7(14)10-3-9-5/h3,13H,2H2,1H3,(H,9,10,14). The van der Waals surface area contributed by atoms with E-state index in [4.69, 9.17) is 4.42 Å². The fourth-order valence-corrected chi connectivity index (χ4v) is 1.04. The van der Waals surface area contributed by atoms with Crippen LogP contribution in [0.5, 0.6) is 5.75 Å². The molecule has 2 aromatic heterocycles. The summed E-state index contributed by atoms with van der Waals surface area (Å²) in [5.74, 6) is -0.0641. The minimum Gasteiger partial charge on any atom is -0.501 e. The molecule has 15 heavy (non-hydrogen) atoms. The number of nitrogens with zero attached hydrogens (tertiary/aromatic N) is 3. The zero-order valence-corrected chi connectivity index (χ0v) is 7.89. The van der Waals surface area contributed by atoms with Crippen LogP contribution in [0.1, 0.15) is 12.8 Å². The van der Waals surface area contributed by atoms with E-state index < -0.39 is 11.3 Å².